The van der Waals surface area contributed by atoms with Gasteiger partial charge in [0.15, 0.2) is 0 Å². The molecule has 0 atom stereocenters. The standard InChI is InChI=1S/C10H21FOSi/c1-13(2,11)9-8-10(12)6-4-3-5-7-10/h12H,3-9H2,1-2H3. The predicted molar refractivity (Wildman–Crippen MR) is 56.0 cm³/mol. The minimum absolute atomic E-state index is 0.519. The fraction of sp³-hybridized carbons (Fsp3) is 1.00. The maximum atomic E-state index is 13.3. The first-order valence-electron chi connectivity index (χ1n) is 5.33. The smallest absolute Gasteiger partial charge is 0.241 e. The van der Waals surface area contributed by atoms with Gasteiger partial charge in [-0.25, -0.2) is 0 Å². The van der Waals surface area contributed by atoms with Crippen molar-refractivity contribution in [2.45, 2.75) is 63.3 Å². The van der Waals surface area contributed by atoms with Crippen molar-refractivity contribution in [2.24, 2.45) is 0 Å². The third kappa shape index (κ3) is 4.23. The minimum Gasteiger partial charge on any atom is -0.390 e. The second-order valence-electron chi connectivity index (χ2n) is 5.00. The van der Waals surface area contributed by atoms with Crippen LogP contribution in [0.5, 0.6) is 0 Å². The van der Waals surface area contributed by atoms with Gasteiger partial charge in [-0.15, -0.1) is 0 Å². The zero-order chi connectivity index (χ0) is 9.95. The van der Waals surface area contributed by atoms with Gasteiger partial charge in [0.25, 0.3) is 0 Å². The Hall–Kier alpha value is 0.107. The Morgan fingerprint density at radius 3 is 2.23 bits per heavy atom. The van der Waals surface area contributed by atoms with Crippen LogP contribution >= 0.6 is 0 Å². The van der Waals surface area contributed by atoms with Crippen LogP contribution in [-0.2, 0) is 0 Å². The summed E-state index contributed by atoms with van der Waals surface area (Å²) in [6, 6.07) is 0.615. The summed E-state index contributed by atoms with van der Waals surface area (Å²) in [6.07, 6.45) is 5.92. The monoisotopic (exact) mass is 204 g/mol. The average Bonchev–Trinajstić information content (AvgIpc) is 2.02. The lowest BCUT2D eigenvalue weighted by atomic mass is 9.83. The molecule has 1 nitrogen and oxygen atoms in total. The van der Waals surface area contributed by atoms with Crippen LogP contribution in [0.2, 0.25) is 19.1 Å². The van der Waals surface area contributed by atoms with E-state index in [4.69, 9.17) is 0 Å². The summed E-state index contributed by atoms with van der Waals surface area (Å²) in [7, 11) is -2.45. The molecule has 0 bridgehead atoms. The zero-order valence-corrected chi connectivity index (χ0v) is 9.77. The molecule has 3 heteroatoms. The molecule has 0 aromatic heterocycles. The molecule has 13 heavy (non-hydrogen) atoms. The molecular weight excluding hydrogens is 183 g/mol. The van der Waals surface area contributed by atoms with Crippen molar-refractivity contribution in [1.82, 2.24) is 0 Å². The van der Waals surface area contributed by atoms with Gasteiger partial charge in [-0.1, -0.05) is 19.3 Å². The summed E-state index contributed by atoms with van der Waals surface area (Å²) < 4.78 is 13.3. The van der Waals surface area contributed by atoms with Crippen molar-refractivity contribution in [3.63, 3.8) is 0 Å². The van der Waals surface area contributed by atoms with Gasteiger partial charge < -0.3 is 9.21 Å². The molecule has 1 aliphatic carbocycles. The van der Waals surface area contributed by atoms with Crippen molar-refractivity contribution in [2.75, 3.05) is 0 Å². The third-order valence-electron chi connectivity index (χ3n) is 2.97. The fourth-order valence-corrected chi connectivity index (χ4v) is 3.05. The largest absolute Gasteiger partial charge is 0.390 e. The molecule has 0 aliphatic heterocycles. The van der Waals surface area contributed by atoms with Crippen LogP contribution in [-0.4, -0.2) is 19.1 Å². The van der Waals surface area contributed by atoms with Crippen LogP contribution in [0.25, 0.3) is 0 Å². The van der Waals surface area contributed by atoms with Crippen molar-refractivity contribution >= 4 is 8.41 Å². The van der Waals surface area contributed by atoms with Gasteiger partial charge in [0.1, 0.15) is 0 Å². The molecule has 1 saturated carbocycles. The Kier molecular flexibility index (Phi) is 3.52. The zero-order valence-electron chi connectivity index (χ0n) is 8.77. The van der Waals surface area contributed by atoms with E-state index in [1.54, 1.807) is 13.1 Å². The van der Waals surface area contributed by atoms with E-state index in [2.05, 4.69) is 0 Å². The lowest BCUT2D eigenvalue weighted by molar-refractivity contribution is 0.0000975. The molecule has 0 heterocycles. The minimum atomic E-state index is -2.45. The second kappa shape index (κ2) is 4.09. The summed E-state index contributed by atoms with van der Waals surface area (Å²) in [5, 5.41) is 10.1. The molecule has 0 spiro atoms. The molecular formula is C10H21FOSi. The van der Waals surface area contributed by atoms with E-state index in [9.17, 15) is 9.21 Å². The van der Waals surface area contributed by atoms with Crippen molar-refractivity contribution in [3.8, 4) is 0 Å². The van der Waals surface area contributed by atoms with Gasteiger partial charge in [-0.05, 0) is 38.4 Å². The van der Waals surface area contributed by atoms with Crippen molar-refractivity contribution in [1.29, 1.82) is 0 Å². The fourth-order valence-electron chi connectivity index (χ4n) is 1.99. The van der Waals surface area contributed by atoms with Crippen LogP contribution in [0, 0.1) is 0 Å². The lowest BCUT2D eigenvalue weighted by Gasteiger charge is -2.33. The Labute approximate surface area is 81.5 Å². The first-order chi connectivity index (χ1) is 5.91. The highest BCUT2D eigenvalue weighted by Crippen LogP contribution is 2.33. The molecule has 0 saturated heterocycles. The number of halogens is 1. The topological polar surface area (TPSA) is 20.2 Å². The Morgan fingerprint density at radius 2 is 1.77 bits per heavy atom. The van der Waals surface area contributed by atoms with Gasteiger partial charge in [0, 0.05) is 0 Å². The highest BCUT2D eigenvalue weighted by molar-refractivity contribution is 6.70. The molecule has 0 radical (unpaired) electrons. The molecule has 1 rings (SSSR count). The number of hydrogen-bond acceptors (Lipinski definition) is 1. The summed E-state index contributed by atoms with van der Waals surface area (Å²) in [6.45, 7) is 3.44. The quantitative estimate of drug-likeness (QED) is 0.552. The Bertz CT molecular complexity index is 159. The van der Waals surface area contributed by atoms with Gasteiger partial charge in [-0.3, -0.25) is 0 Å². The first kappa shape index (κ1) is 11.2. The Morgan fingerprint density at radius 1 is 1.23 bits per heavy atom. The van der Waals surface area contributed by atoms with Gasteiger partial charge >= 0.3 is 0 Å². The molecule has 78 valence electrons. The Balaban J connectivity index is 2.33. The molecule has 0 aromatic carbocycles. The number of hydrogen-bond donors (Lipinski definition) is 1. The van der Waals surface area contributed by atoms with Crippen LogP contribution in [0.4, 0.5) is 4.11 Å². The summed E-state index contributed by atoms with van der Waals surface area (Å²) in [5.41, 5.74) is -0.519. The highest BCUT2D eigenvalue weighted by Gasteiger charge is 2.32. The van der Waals surface area contributed by atoms with Gasteiger partial charge in [0.05, 0.1) is 5.60 Å². The summed E-state index contributed by atoms with van der Waals surface area (Å²) in [4.78, 5) is 0. The molecule has 1 aliphatic rings. The van der Waals surface area contributed by atoms with Crippen LogP contribution in [0.15, 0.2) is 0 Å². The van der Waals surface area contributed by atoms with E-state index >= 15 is 0 Å². The first-order valence-corrected chi connectivity index (χ1v) is 8.41. The summed E-state index contributed by atoms with van der Waals surface area (Å²) in [5.74, 6) is 0. The van der Waals surface area contributed by atoms with E-state index in [0.29, 0.717) is 12.5 Å². The predicted octanol–water partition coefficient (Wildman–Crippen LogP) is 3.25. The van der Waals surface area contributed by atoms with Crippen LogP contribution in [0.1, 0.15) is 38.5 Å². The normalized spacial score (nSPS) is 23.1. The maximum Gasteiger partial charge on any atom is 0.241 e. The van der Waals surface area contributed by atoms with Crippen LogP contribution in [0.3, 0.4) is 0 Å². The molecule has 0 amide bonds. The lowest BCUT2D eigenvalue weighted by Crippen LogP contribution is -2.34. The van der Waals surface area contributed by atoms with E-state index in [0.717, 1.165) is 25.7 Å². The van der Waals surface area contributed by atoms with Gasteiger partial charge in [0.2, 0.25) is 8.41 Å². The highest BCUT2D eigenvalue weighted by atomic mass is 28.4. The number of aliphatic hydroxyl groups is 1. The molecule has 1 fully saturated rings. The average molecular weight is 204 g/mol. The van der Waals surface area contributed by atoms with E-state index in [-0.39, 0.29) is 0 Å². The number of rotatable bonds is 3. The van der Waals surface area contributed by atoms with E-state index in [1.165, 1.54) is 6.42 Å². The summed E-state index contributed by atoms with van der Waals surface area (Å²) >= 11 is 0. The molecule has 0 unspecified atom stereocenters. The molecule has 1 N–H and O–H groups in total. The van der Waals surface area contributed by atoms with Crippen LogP contribution < -0.4 is 0 Å². The van der Waals surface area contributed by atoms with Crippen molar-refractivity contribution in [3.05, 3.63) is 0 Å². The van der Waals surface area contributed by atoms with E-state index < -0.39 is 14.0 Å². The van der Waals surface area contributed by atoms with Gasteiger partial charge in [-0.2, -0.15) is 0 Å². The second-order valence-corrected chi connectivity index (χ2v) is 8.94. The van der Waals surface area contributed by atoms with E-state index in [1.807, 2.05) is 0 Å². The SMILES string of the molecule is C[Si](C)(F)CCC1(O)CCCCC1. The third-order valence-corrected chi connectivity index (χ3v) is 4.41. The molecule has 0 aromatic rings. The van der Waals surface area contributed by atoms with Crippen molar-refractivity contribution < 1.29 is 9.21 Å². The maximum absolute atomic E-state index is 13.3.